The van der Waals surface area contributed by atoms with Gasteiger partial charge in [0.2, 0.25) is 5.91 Å². The lowest BCUT2D eigenvalue weighted by Crippen LogP contribution is -2.52. The zero-order valence-electron chi connectivity index (χ0n) is 18.2. The Kier molecular flexibility index (Phi) is 5.50. The summed E-state index contributed by atoms with van der Waals surface area (Å²) in [5, 5.41) is 11.9. The van der Waals surface area contributed by atoms with Crippen LogP contribution in [0.5, 0.6) is 0 Å². The third-order valence-corrected chi connectivity index (χ3v) is 6.99. The molecular weight excluding hydrogens is 446 g/mol. The number of halogens is 2. The number of ether oxygens (including phenoxy) is 1. The highest BCUT2D eigenvalue weighted by molar-refractivity contribution is 5.87. The highest BCUT2D eigenvalue weighted by atomic mass is 19.3. The summed E-state index contributed by atoms with van der Waals surface area (Å²) in [6.07, 6.45) is -0.953. The summed E-state index contributed by atoms with van der Waals surface area (Å²) in [7, 11) is 0. The van der Waals surface area contributed by atoms with Crippen LogP contribution in [0.25, 0.3) is 11.1 Å². The first-order chi connectivity index (χ1) is 16.2. The third-order valence-electron chi connectivity index (χ3n) is 6.99. The van der Waals surface area contributed by atoms with Crippen LogP contribution in [0.3, 0.4) is 0 Å². The van der Waals surface area contributed by atoms with E-state index in [0.717, 1.165) is 27.2 Å². The van der Waals surface area contributed by atoms with Crippen LogP contribution < -0.4 is 5.32 Å². The van der Waals surface area contributed by atoms with E-state index >= 15 is 0 Å². The van der Waals surface area contributed by atoms with Gasteiger partial charge in [-0.3, -0.25) is 4.79 Å². The van der Waals surface area contributed by atoms with E-state index in [1.165, 1.54) is 0 Å². The lowest BCUT2D eigenvalue weighted by molar-refractivity contribution is -0.151. The predicted octanol–water partition coefficient (Wildman–Crippen LogP) is 3.62. The summed E-state index contributed by atoms with van der Waals surface area (Å²) in [5.41, 5.74) is 4.45. The van der Waals surface area contributed by atoms with Gasteiger partial charge in [-0.15, -0.1) is 0 Å². The molecule has 1 atom stereocenters. The van der Waals surface area contributed by atoms with E-state index in [1.807, 2.05) is 48.5 Å². The number of carboxylic acids is 1. The van der Waals surface area contributed by atoms with E-state index in [1.54, 1.807) is 0 Å². The van der Waals surface area contributed by atoms with Crippen molar-refractivity contribution in [1.29, 1.82) is 0 Å². The zero-order valence-corrected chi connectivity index (χ0v) is 18.2. The van der Waals surface area contributed by atoms with Crippen molar-refractivity contribution in [3.8, 4) is 11.1 Å². The molecule has 1 heterocycles. The van der Waals surface area contributed by atoms with Gasteiger partial charge < -0.3 is 20.1 Å². The summed E-state index contributed by atoms with van der Waals surface area (Å²) in [6.45, 7) is -0.720. The fourth-order valence-corrected chi connectivity index (χ4v) is 5.25. The average molecular weight is 470 g/mol. The van der Waals surface area contributed by atoms with E-state index in [0.29, 0.717) is 0 Å². The lowest BCUT2D eigenvalue weighted by Gasteiger charge is -2.37. The number of nitrogens with one attached hydrogen (secondary N) is 1. The summed E-state index contributed by atoms with van der Waals surface area (Å²) in [6, 6.07) is 14.2. The number of nitrogens with zero attached hydrogens (tertiary/aromatic N) is 1. The fraction of sp³-hybridized carbons (Fsp3) is 0.400. The summed E-state index contributed by atoms with van der Waals surface area (Å²) < 4.78 is 32.8. The number of aliphatic carboxylic acids is 1. The molecule has 178 valence electrons. The minimum absolute atomic E-state index is 0.0707. The number of carbonyl (C=O) groups excluding carboxylic acids is 2. The summed E-state index contributed by atoms with van der Waals surface area (Å²) in [4.78, 5) is 37.0. The largest absolute Gasteiger partial charge is 0.480 e. The van der Waals surface area contributed by atoms with Crippen molar-refractivity contribution in [2.45, 2.75) is 43.2 Å². The number of benzene rings is 2. The van der Waals surface area contributed by atoms with Crippen LogP contribution >= 0.6 is 0 Å². The minimum atomic E-state index is -3.21. The Labute approximate surface area is 194 Å². The number of fused-ring (bicyclic) bond motifs is 3. The number of amides is 2. The van der Waals surface area contributed by atoms with Crippen molar-refractivity contribution >= 4 is 18.0 Å². The zero-order chi connectivity index (χ0) is 24.0. The monoisotopic (exact) mass is 470 g/mol. The molecule has 2 aliphatic carbocycles. The second-order valence-corrected chi connectivity index (χ2v) is 9.22. The average Bonchev–Trinajstić information content (AvgIpc) is 3.28. The molecule has 1 saturated carbocycles. The molecule has 7 nitrogen and oxygen atoms in total. The standard InChI is InChI=1S/C25H24F2N2O5/c26-25(27)11-21(23(31)32)29(13-25)22(30)14-9-15(10-14)28-24(33)34-12-20-18-7-3-1-5-16(18)17-6-2-4-8-19(17)20/h1-8,14-15,20-21H,9-13H2,(H,28,33)(H,31,32)/t14?,15?,21-/m1/s1. The highest BCUT2D eigenvalue weighted by Crippen LogP contribution is 2.44. The van der Waals surface area contributed by atoms with Gasteiger partial charge in [-0.05, 0) is 35.1 Å². The summed E-state index contributed by atoms with van der Waals surface area (Å²) >= 11 is 0. The first-order valence-corrected chi connectivity index (χ1v) is 11.3. The van der Waals surface area contributed by atoms with Crippen LogP contribution in [0.2, 0.25) is 0 Å². The van der Waals surface area contributed by atoms with Crippen LogP contribution in [-0.4, -0.2) is 59.1 Å². The molecule has 1 saturated heterocycles. The van der Waals surface area contributed by atoms with Gasteiger partial charge in [0, 0.05) is 24.3 Å². The van der Waals surface area contributed by atoms with Gasteiger partial charge in [-0.25, -0.2) is 18.4 Å². The molecule has 5 rings (SSSR count). The molecule has 2 N–H and O–H groups in total. The van der Waals surface area contributed by atoms with Gasteiger partial charge in [0.25, 0.3) is 5.92 Å². The van der Waals surface area contributed by atoms with E-state index in [2.05, 4.69) is 5.32 Å². The number of alkyl halides is 2. The number of rotatable bonds is 5. The second-order valence-electron chi connectivity index (χ2n) is 9.22. The maximum atomic E-state index is 13.7. The molecule has 9 heteroatoms. The first-order valence-electron chi connectivity index (χ1n) is 11.3. The molecule has 0 bridgehead atoms. The molecule has 2 amide bonds. The molecule has 1 aliphatic heterocycles. The number of hydrogen-bond acceptors (Lipinski definition) is 4. The topological polar surface area (TPSA) is 95.9 Å². The normalized spacial score (nSPS) is 24.6. The Balaban J connectivity index is 1.14. The Hall–Kier alpha value is -3.49. The van der Waals surface area contributed by atoms with Gasteiger partial charge in [0.15, 0.2) is 0 Å². The third kappa shape index (κ3) is 3.99. The molecule has 0 aromatic heterocycles. The van der Waals surface area contributed by atoms with Gasteiger partial charge in [-0.1, -0.05) is 48.5 Å². The molecule has 2 fully saturated rings. The van der Waals surface area contributed by atoms with Gasteiger partial charge in [0.1, 0.15) is 12.6 Å². The number of alkyl carbamates (subject to hydrolysis) is 1. The molecule has 0 radical (unpaired) electrons. The van der Waals surface area contributed by atoms with Crippen molar-refractivity contribution in [3.63, 3.8) is 0 Å². The lowest BCUT2D eigenvalue weighted by atomic mass is 9.79. The Morgan fingerprint density at radius 3 is 2.21 bits per heavy atom. The quantitative estimate of drug-likeness (QED) is 0.696. The second kappa shape index (κ2) is 8.38. The SMILES string of the molecule is O=C(NC1CC(C(=O)N2CC(F)(F)C[C@@H]2C(=O)O)C1)OCC1c2ccccc2-c2ccccc21. The Morgan fingerprint density at radius 1 is 1.03 bits per heavy atom. The fourth-order valence-electron chi connectivity index (χ4n) is 5.25. The molecule has 2 aromatic rings. The van der Waals surface area contributed by atoms with E-state index in [-0.39, 0.29) is 31.4 Å². The van der Waals surface area contributed by atoms with Crippen LogP contribution in [0.1, 0.15) is 36.3 Å². The van der Waals surface area contributed by atoms with Crippen molar-refractivity contribution < 1.29 is 33.0 Å². The van der Waals surface area contributed by atoms with E-state index in [9.17, 15) is 28.3 Å². The number of carbonyl (C=O) groups is 3. The van der Waals surface area contributed by atoms with Crippen molar-refractivity contribution in [1.82, 2.24) is 10.2 Å². The van der Waals surface area contributed by atoms with Crippen molar-refractivity contribution in [2.75, 3.05) is 13.2 Å². The highest BCUT2D eigenvalue weighted by Gasteiger charge is 2.52. The molecular formula is C25H24F2N2O5. The maximum absolute atomic E-state index is 13.7. The molecule has 0 spiro atoms. The maximum Gasteiger partial charge on any atom is 0.407 e. The van der Waals surface area contributed by atoms with Gasteiger partial charge in [0.05, 0.1) is 6.54 Å². The number of likely N-dealkylation sites (tertiary alicyclic amines) is 1. The van der Waals surface area contributed by atoms with Crippen molar-refractivity contribution in [2.24, 2.45) is 5.92 Å². The van der Waals surface area contributed by atoms with Crippen LogP contribution in [-0.2, 0) is 14.3 Å². The molecule has 0 unspecified atom stereocenters. The Morgan fingerprint density at radius 2 is 1.62 bits per heavy atom. The van der Waals surface area contributed by atoms with Crippen molar-refractivity contribution in [3.05, 3.63) is 59.7 Å². The Bertz CT molecular complexity index is 1100. The first kappa shape index (κ1) is 22.3. The molecule has 34 heavy (non-hydrogen) atoms. The van der Waals surface area contributed by atoms with Gasteiger partial charge in [-0.2, -0.15) is 0 Å². The molecule has 2 aromatic carbocycles. The van der Waals surface area contributed by atoms with Gasteiger partial charge >= 0.3 is 12.1 Å². The number of hydrogen-bond donors (Lipinski definition) is 2. The van der Waals surface area contributed by atoms with Crippen LogP contribution in [0.4, 0.5) is 13.6 Å². The van der Waals surface area contributed by atoms with Crippen LogP contribution in [0.15, 0.2) is 48.5 Å². The minimum Gasteiger partial charge on any atom is -0.480 e. The summed E-state index contributed by atoms with van der Waals surface area (Å²) in [5.74, 6) is -5.90. The number of carboxylic acid groups (broad SMARTS) is 1. The predicted molar refractivity (Wildman–Crippen MR) is 117 cm³/mol. The van der Waals surface area contributed by atoms with E-state index < -0.39 is 48.8 Å². The molecule has 3 aliphatic rings. The smallest absolute Gasteiger partial charge is 0.407 e. The van der Waals surface area contributed by atoms with Crippen LogP contribution in [0, 0.1) is 5.92 Å². The van der Waals surface area contributed by atoms with E-state index in [4.69, 9.17) is 4.74 Å².